The maximum Gasteiger partial charge on any atom is 0.132 e. The molecule has 1 aromatic heterocycles. The van der Waals surface area contributed by atoms with Gasteiger partial charge in [0.2, 0.25) is 0 Å². The van der Waals surface area contributed by atoms with Gasteiger partial charge in [0, 0.05) is 0 Å². The van der Waals surface area contributed by atoms with Crippen LogP contribution in [0, 0.1) is 0 Å². The first-order valence-electron chi connectivity index (χ1n) is 1.69. The van der Waals surface area contributed by atoms with E-state index >= 15 is 0 Å². The Morgan fingerprint density at radius 3 is 2.71 bits per heavy atom. The van der Waals surface area contributed by atoms with Gasteiger partial charge < -0.3 is 0 Å². The van der Waals surface area contributed by atoms with E-state index in [0.717, 1.165) is 0 Å². The third-order valence-electron chi connectivity index (χ3n) is 0.471. The van der Waals surface area contributed by atoms with Gasteiger partial charge in [0.25, 0.3) is 0 Å². The lowest BCUT2D eigenvalue weighted by molar-refractivity contribution is 0.849. The van der Waals surface area contributed by atoms with Crippen molar-refractivity contribution in [2.45, 2.75) is 0 Å². The van der Waals surface area contributed by atoms with Gasteiger partial charge in [-0.3, -0.25) is 0 Å². The molecule has 4 heteroatoms. The summed E-state index contributed by atoms with van der Waals surface area (Å²) in [4.78, 5) is 0. The van der Waals surface area contributed by atoms with Crippen LogP contribution < -0.4 is 0 Å². The van der Waals surface area contributed by atoms with E-state index in [9.17, 15) is 0 Å². The van der Waals surface area contributed by atoms with Crippen molar-refractivity contribution in [1.29, 1.82) is 0 Å². The van der Waals surface area contributed by atoms with E-state index in [4.69, 9.17) is 0 Å². The SMILES string of the molecule is Brc1ccnnn1. The fraction of sp³-hybridized carbons (Fsp3) is 0. The van der Waals surface area contributed by atoms with Gasteiger partial charge >= 0.3 is 0 Å². The van der Waals surface area contributed by atoms with Gasteiger partial charge in [-0.05, 0) is 27.2 Å². The smallest absolute Gasteiger partial charge is 0.132 e. The molecular weight excluding hydrogens is 158 g/mol. The normalized spacial score (nSPS) is 8.71. The average molecular weight is 160 g/mol. The number of hydrogen-bond acceptors (Lipinski definition) is 3. The molecule has 0 radical (unpaired) electrons. The Bertz CT molecular complexity index is 140. The van der Waals surface area contributed by atoms with Gasteiger partial charge in [0.1, 0.15) is 4.60 Å². The van der Waals surface area contributed by atoms with E-state index in [1.165, 1.54) is 0 Å². The van der Waals surface area contributed by atoms with Crippen molar-refractivity contribution >= 4 is 15.9 Å². The number of nitrogens with zero attached hydrogens (tertiary/aromatic N) is 3. The van der Waals surface area contributed by atoms with Crippen molar-refractivity contribution in [3.63, 3.8) is 0 Å². The van der Waals surface area contributed by atoms with E-state index in [0.29, 0.717) is 4.60 Å². The molecule has 0 aliphatic rings. The van der Waals surface area contributed by atoms with Gasteiger partial charge in [-0.25, -0.2) is 0 Å². The Kier molecular flexibility index (Phi) is 1.31. The molecule has 0 saturated carbocycles. The van der Waals surface area contributed by atoms with Gasteiger partial charge in [-0.15, -0.1) is 10.2 Å². The quantitative estimate of drug-likeness (QED) is 0.558. The molecule has 0 unspecified atom stereocenters. The predicted octanol–water partition coefficient (Wildman–Crippen LogP) is 0.634. The predicted molar refractivity (Wildman–Crippen MR) is 27.5 cm³/mol. The summed E-state index contributed by atoms with van der Waals surface area (Å²) in [6.45, 7) is 0. The van der Waals surface area contributed by atoms with Crippen molar-refractivity contribution in [3.8, 4) is 0 Å². The molecule has 0 aliphatic heterocycles. The summed E-state index contributed by atoms with van der Waals surface area (Å²) in [5, 5.41) is 10.3. The first kappa shape index (κ1) is 4.64. The molecule has 0 bridgehead atoms. The van der Waals surface area contributed by atoms with E-state index in [-0.39, 0.29) is 0 Å². The van der Waals surface area contributed by atoms with Crippen LogP contribution in [-0.2, 0) is 0 Å². The Morgan fingerprint density at radius 2 is 2.43 bits per heavy atom. The fourth-order valence-corrected chi connectivity index (χ4v) is 0.416. The molecule has 1 aromatic rings. The van der Waals surface area contributed by atoms with E-state index in [1.807, 2.05) is 0 Å². The highest BCUT2D eigenvalue weighted by Crippen LogP contribution is 1.97. The van der Waals surface area contributed by atoms with Gasteiger partial charge in [0.15, 0.2) is 0 Å². The Labute approximate surface area is 48.9 Å². The molecule has 0 saturated heterocycles. The zero-order valence-electron chi connectivity index (χ0n) is 3.37. The Balaban J connectivity index is 3.02. The fourth-order valence-electron chi connectivity index (χ4n) is 0.227. The highest BCUT2D eigenvalue weighted by atomic mass is 79.9. The lowest BCUT2D eigenvalue weighted by Crippen LogP contribution is -1.82. The molecule has 0 spiro atoms. The van der Waals surface area contributed by atoms with Crippen LogP contribution in [0.4, 0.5) is 0 Å². The minimum Gasteiger partial charge on any atom is -0.139 e. The van der Waals surface area contributed by atoms with Crippen LogP contribution in [0.25, 0.3) is 0 Å². The van der Waals surface area contributed by atoms with Crippen LogP contribution >= 0.6 is 15.9 Å². The lowest BCUT2D eigenvalue weighted by atomic mass is 10.7. The zero-order chi connectivity index (χ0) is 5.11. The van der Waals surface area contributed by atoms with Crippen LogP contribution in [0.5, 0.6) is 0 Å². The van der Waals surface area contributed by atoms with Gasteiger partial charge in [-0.2, -0.15) is 0 Å². The maximum absolute atomic E-state index is 3.53. The number of rotatable bonds is 0. The summed E-state index contributed by atoms with van der Waals surface area (Å²) in [6, 6.07) is 1.72. The van der Waals surface area contributed by atoms with Gasteiger partial charge in [-0.1, -0.05) is 0 Å². The summed E-state index contributed by atoms with van der Waals surface area (Å²) in [7, 11) is 0. The Morgan fingerprint density at radius 1 is 1.57 bits per heavy atom. The molecular formula is C3H2BrN3. The van der Waals surface area contributed by atoms with Crippen LogP contribution in [-0.4, -0.2) is 15.4 Å². The molecule has 0 aliphatic carbocycles. The second-order valence-electron chi connectivity index (χ2n) is 0.943. The minimum atomic E-state index is 0.711. The number of aromatic nitrogens is 3. The van der Waals surface area contributed by atoms with Crippen LogP contribution in [0.1, 0.15) is 0 Å². The van der Waals surface area contributed by atoms with Crippen molar-refractivity contribution < 1.29 is 0 Å². The molecule has 3 nitrogen and oxygen atoms in total. The first-order valence-corrected chi connectivity index (χ1v) is 2.49. The molecule has 7 heavy (non-hydrogen) atoms. The van der Waals surface area contributed by atoms with E-state index in [1.54, 1.807) is 12.3 Å². The molecule has 1 rings (SSSR count). The van der Waals surface area contributed by atoms with E-state index < -0.39 is 0 Å². The molecule has 0 N–H and O–H groups in total. The number of halogens is 1. The summed E-state index contributed by atoms with van der Waals surface area (Å²) in [5.41, 5.74) is 0. The topological polar surface area (TPSA) is 38.7 Å². The minimum absolute atomic E-state index is 0.711. The standard InChI is InChI=1S/C3H2BrN3/c4-3-1-2-5-7-6-3/h1-2H. The van der Waals surface area contributed by atoms with Crippen LogP contribution in [0.2, 0.25) is 0 Å². The Hall–Kier alpha value is -0.510. The van der Waals surface area contributed by atoms with Crippen molar-refractivity contribution in [1.82, 2.24) is 15.4 Å². The van der Waals surface area contributed by atoms with Crippen molar-refractivity contribution in [2.75, 3.05) is 0 Å². The highest BCUT2D eigenvalue weighted by molar-refractivity contribution is 9.10. The highest BCUT2D eigenvalue weighted by Gasteiger charge is 1.78. The maximum atomic E-state index is 3.53. The summed E-state index contributed by atoms with van der Waals surface area (Å²) < 4.78 is 0.711. The summed E-state index contributed by atoms with van der Waals surface area (Å²) >= 11 is 3.10. The van der Waals surface area contributed by atoms with Gasteiger partial charge in [0.05, 0.1) is 6.20 Å². The second-order valence-corrected chi connectivity index (χ2v) is 1.76. The molecule has 36 valence electrons. The molecule has 0 aromatic carbocycles. The second kappa shape index (κ2) is 1.97. The van der Waals surface area contributed by atoms with Crippen LogP contribution in [0.3, 0.4) is 0 Å². The average Bonchev–Trinajstić information content (AvgIpc) is 1.69. The van der Waals surface area contributed by atoms with Crippen molar-refractivity contribution in [2.24, 2.45) is 0 Å². The van der Waals surface area contributed by atoms with Crippen molar-refractivity contribution in [3.05, 3.63) is 16.9 Å². The molecule has 0 fully saturated rings. The third kappa shape index (κ3) is 1.19. The largest absolute Gasteiger partial charge is 0.139 e. The molecule has 0 atom stereocenters. The zero-order valence-corrected chi connectivity index (χ0v) is 4.96. The van der Waals surface area contributed by atoms with E-state index in [2.05, 4.69) is 31.3 Å². The van der Waals surface area contributed by atoms with Crippen LogP contribution in [0.15, 0.2) is 16.9 Å². The summed E-state index contributed by atoms with van der Waals surface area (Å²) in [6.07, 6.45) is 1.57. The first-order chi connectivity index (χ1) is 3.39. The lowest BCUT2D eigenvalue weighted by Gasteiger charge is -1.77. The summed E-state index contributed by atoms with van der Waals surface area (Å²) in [5.74, 6) is 0. The third-order valence-corrected chi connectivity index (χ3v) is 0.894. The number of hydrogen-bond donors (Lipinski definition) is 0. The molecule has 0 amide bonds. The molecule has 1 heterocycles. The monoisotopic (exact) mass is 159 g/mol.